The van der Waals surface area contributed by atoms with Gasteiger partial charge in [0.05, 0.1) is 0 Å². The Hall–Kier alpha value is -3.38. The van der Waals surface area contributed by atoms with Crippen molar-refractivity contribution in [1.29, 1.82) is 0 Å². The van der Waals surface area contributed by atoms with Crippen LogP contribution in [0.2, 0.25) is 0 Å². The Labute approximate surface area is 203 Å². The second kappa shape index (κ2) is 9.11. The molecule has 0 bridgehead atoms. The minimum Gasteiger partial charge on any atom is -0.0654 e. The standard InChI is InChI=1S/C34H32/c1-2-3-4-5-6-7-15-24-16-8-9-17-25(24)32-28-20-12-10-18-26(28)29-22-14-23-30-27-19-11-13-21-31(27)34(32)33(29)30/h8-14,16-23H,2-7,15H2,1H3. The third-order valence-electron chi connectivity index (χ3n) is 7.62. The van der Waals surface area contributed by atoms with E-state index in [1.807, 2.05) is 0 Å². The SMILES string of the molecule is CCCCCCCCc1ccccc1-c1c2c3c(cccc3c3ccccc13)-c1ccccc1-2. The summed E-state index contributed by atoms with van der Waals surface area (Å²) in [5, 5.41) is 5.53. The largest absolute Gasteiger partial charge is 0.0654 e. The molecule has 0 saturated heterocycles. The molecule has 168 valence electrons. The Morgan fingerprint density at radius 2 is 1.06 bits per heavy atom. The molecule has 0 aliphatic heterocycles. The molecule has 0 radical (unpaired) electrons. The van der Waals surface area contributed by atoms with Gasteiger partial charge >= 0.3 is 0 Å². The van der Waals surface area contributed by atoms with Crippen molar-refractivity contribution in [2.45, 2.75) is 51.9 Å². The van der Waals surface area contributed by atoms with Gasteiger partial charge in [0, 0.05) is 0 Å². The summed E-state index contributed by atoms with van der Waals surface area (Å²) in [6, 6.07) is 34.0. The average Bonchev–Trinajstić information content (AvgIpc) is 3.22. The Morgan fingerprint density at radius 3 is 1.91 bits per heavy atom. The Bertz CT molecular complexity index is 1490. The van der Waals surface area contributed by atoms with Crippen molar-refractivity contribution < 1.29 is 0 Å². The smallest absolute Gasteiger partial charge is 0.000776 e. The van der Waals surface area contributed by atoms with Gasteiger partial charge in [-0.3, -0.25) is 0 Å². The van der Waals surface area contributed by atoms with E-state index in [2.05, 4.69) is 97.9 Å². The molecule has 1 aliphatic rings. The molecule has 0 atom stereocenters. The molecule has 34 heavy (non-hydrogen) atoms. The van der Waals surface area contributed by atoms with E-state index >= 15 is 0 Å². The van der Waals surface area contributed by atoms with Gasteiger partial charge in [-0.25, -0.2) is 0 Å². The third-order valence-corrected chi connectivity index (χ3v) is 7.62. The molecule has 0 nitrogen and oxygen atoms in total. The lowest BCUT2D eigenvalue weighted by Gasteiger charge is -2.18. The number of unbranched alkanes of at least 4 members (excludes halogenated alkanes) is 5. The molecule has 0 heteroatoms. The minimum absolute atomic E-state index is 1.15. The van der Waals surface area contributed by atoms with Crippen molar-refractivity contribution in [3.05, 3.63) is 96.6 Å². The molecule has 0 amide bonds. The van der Waals surface area contributed by atoms with Crippen molar-refractivity contribution in [2.75, 3.05) is 0 Å². The first kappa shape index (κ1) is 21.2. The fourth-order valence-corrected chi connectivity index (χ4v) is 6.03. The topological polar surface area (TPSA) is 0 Å². The van der Waals surface area contributed by atoms with Crippen LogP contribution in [0.5, 0.6) is 0 Å². The highest BCUT2D eigenvalue weighted by Gasteiger charge is 2.27. The van der Waals surface area contributed by atoms with Gasteiger partial charge < -0.3 is 0 Å². The van der Waals surface area contributed by atoms with E-state index in [0.29, 0.717) is 0 Å². The van der Waals surface area contributed by atoms with E-state index in [4.69, 9.17) is 0 Å². The zero-order valence-corrected chi connectivity index (χ0v) is 20.1. The Morgan fingerprint density at radius 1 is 0.441 bits per heavy atom. The predicted molar refractivity (Wildman–Crippen MR) is 148 cm³/mol. The number of hydrogen-bond acceptors (Lipinski definition) is 0. The summed E-state index contributed by atoms with van der Waals surface area (Å²) in [5.74, 6) is 0. The first-order valence-electron chi connectivity index (χ1n) is 13.0. The summed E-state index contributed by atoms with van der Waals surface area (Å²) in [4.78, 5) is 0. The van der Waals surface area contributed by atoms with Crippen molar-refractivity contribution in [2.24, 2.45) is 0 Å². The monoisotopic (exact) mass is 440 g/mol. The Balaban J connectivity index is 1.56. The number of benzene rings is 5. The van der Waals surface area contributed by atoms with Crippen LogP contribution in [0.4, 0.5) is 0 Å². The van der Waals surface area contributed by atoms with Gasteiger partial charge in [-0.05, 0) is 73.3 Å². The van der Waals surface area contributed by atoms with Gasteiger partial charge in [-0.1, -0.05) is 130 Å². The van der Waals surface area contributed by atoms with E-state index in [9.17, 15) is 0 Å². The maximum Gasteiger partial charge on any atom is -0.000776 e. The van der Waals surface area contributed by atoms with Crippen LogP contribution in [0.25, 0.3) is 54.9 Å². The molecule has 5 aromatic carbocycles. The van der Waals surface area contributed by atoms with Gasteiger partial charge in [0.25, 0.3) is 0 Å². The predicted octanol–water partition coefficient (Wildman–Crippen LogP) is 10.2. The lowest BCUT2D eigenvalue weighted by Crippen LogP contribution is -1.95. The number of aryl methyl sites for hydroxylation is 1. The summed E-state index contributed by atoms with van der Waals surface area (Å²) in [7, 11) is 0. The fourth-order valence-electron chi connectivity index (χ4n) is 6.03. The summed E-state index contributed by atoms with van der Waals surface area (Å²) in [5.41, 5.74) is 9.87. The summed E-state index contributed by atoms with van der Waals surface area (Å²) in [6.07, 6.45) is 9.15. The first-order chi connectivity index (χ1) is 16.9. The van der Waals surface area contributed by atoms with Gasteiger partial charge in [0.15, 0.2) is 0 Å². The molecule has 0 fully saturated rings. The quantitative estimate of drug-likeness (QED) is 0.163. The lowest BCUT2D eigenvalue weighted by molar-refractivity contribution is 0.608. The number of fused-ring (bicyclic) bond motifs is 5. The average molecular weight is 441 g/mol. The van der Waals surface area contributed by atoms with Crippen LogP contribution < -0.4 is 0 Å². The van der Waals surface area contributed by atoms with Crippen molar-refractivity contribution in [3.8, 4) is 33.4 Å². The zero-order chi connectivity index (χ0) is 22.9. The van der Waals surface area contributed by atoms with Crippen molar-refractivity contribution in [1.82, 2.24) is 0 Å². The maximum absolute atomic E-state index is 2.36. The third kappa shape index (κ3) is 3.44. The van der Waals surface area contributed by atoms with E-state index in [1.165, 1.54) is 99.0 Å². The number of hydrogen-bond donors (Lipinski definition) is 0. The molecular weight excluding hydrogens is 408 g/mol. The van der Waals surface area contributed by atoms with E-state index < -0.39 is 0 Å². The van der Waals surface area contributed by atoms with Crippen LogP contribution >= 0.6 is 0 Å². The van der Waals surface area contributed by atoms with E-state index in [0.717, 1.165) is 6.42 Å². The van der Waals surface area contributed by atoms with Crippen LogP contribution in [-0.4, -0.2) is 0 Å². The molecule has 0 spiro atoms. The van der Waals surface area contributed by atoms with Gasteiger partial charge in [-0.2, -0.15) is 0 Å². The van der Waals surface area contributed by atoms with Crippen LogP contribution in [-0.2, 0) is 6.42 Å². The van der Waals surface area contributed by atoms with E-state index in [-0.39, 0.29) is 0 Å². The second-order valence-corrected chi connectivity index (χ2v) is 9.74. The maximum atomic E-state index is 2.36. The Kier molecular flexibility index (Phi) is 5.67. The highest BCUT2D eigenvalue weighted by Crippen LogP contribution is 2.54. The summed E-state index contributed by atoms with van der Waals surface area (Å²) >= 11 is 0. The molecule has 0 unspecified atom stereocenters. The number of rotatable bonds is 8. The van der Waals surface area contributed by atoms with Crippen LogP contribution in [0.1, 0.15) is 51.0 Å². The molecular formula is C34H32. The highest BCUT2D eigenvalue weighted by atomic mass is 14.3. The zero-order valence-electron chi connectivity index (χ0n) is 20.1. The highest BCUT2D eigenvalue weighted by molar-refractivity contribution is 6.29. The summed E-state index contributed by atoms with van der Waals surface area (Å²) in [6.45, 7) is 2.29. The normalized spacial score (nSPS) is 11.9. The fraction of sp³-hybridized carbons (Fsp3) is 0.235. The summed E-state index contributed by atoms with van der Waals surface area (Å²) < 4.78 is 0. The van der Waals surface area contributed by atoms with Crippen LogP contribution in [0.15, 0.2) is 91.0 Å². The molecule has 0 heterocycles. The van der Waals surface area contributed by atoms with E-state index in [1.54, 1.807) is 0 Å². The molecule has 6 rings (SSSR count). The lowest BCUT2D eigenvalue weighted by atomic mass is 9.85. The molecule has 0 N–H and O–H groups in total. The van der Waals surface area contributed by atoms with Gasteiger partial charge in [0.1, 0.15) is 0 Å². The minimum atomic E-state index is 1.15. The molecule has 0 saturated carbocycles. The van der Waals surface area contributed by atoms with Gasteiger partial charge in [0.2, 0.25) is 0 Å². The second-order valence-electron chi connectivity index (χ2n) is 9.74. The molecule has 1 aliphatic carbocycles. The van der Waals surface area contributed by atoms with Crippen LogP contribution in [0.3, 0.4) is 0 Å². The van der Waals surface area contributed by atoms with Crippen molar-refractivity contribution in [3.63, 3.8) is 0 Å². The van der Waals surface area contributed by atoms with Crippen molar-refractivity contribution >= 4 is 21.5 Å². The molecule has 0 aromatic heterocycles. The van der Waals surface area contributed by atoms with Gasteiger partial charge in [-0.15, -0.1) is 0 Å². The molecule has 5 aromatic rings. The van der Waals surface area contributed by atoms with Crippen LogP contribution in [0, 0.1) is 0 Å². The first-order valence-corrected chi connectivity index (χ1v) is 13.0.